The van der Waals surface area contributed by atoms with Gasteiger partial charge in [-0.1, -0.05) is 49.7 Å². The molecule has 1 heterocycles. The van der Waals surface area contributed by atoms with Gasteiger partial charge in [-0.25, -0.2) is 0 Å². The number of halogens is 1. The predicted molar refractivity (Wildman–Crippen MR) is 128 cm³/mol. The Hall–Kier alpha value is -1.67. The molecule has 34 heavy (non-hydrogen) atoms. The van der Waals surface area contributed by atoms with Crippen LogP contribution in [0.3, 0.4) is 0 Å². The normalized spacial score (nSPS) is 36.2. The van der Waals surface area contributed by atoms with Crippen molar-refractivity contribution in [2.45, 2.75) is 69.7 Å². The van der Waals surface area contributed by atoms with E-state index in [1.165, 1.54) is 0 Å². The summed E-state index contributed by atoms with van der Waals surface area (Å²) in [4.78, 5) is 0. The topological polar surface area (TPSA) is 99.4 Å². The van der Waals surface area contributed by atoms with Crippen LogP contribution in [0.15, 0.2) is 42.5 Å². The summed E-state index contributed by atoms with van der Waals surface area (Å²) in [7, 11) is 0. The lowest BCUT2D eigenvalue weighted by molar-refractivity contribution is -0.231. The molecule has 2 saturated carbocycles. The maximum Gasteiger partial charge on any atom is 0.119 e. The van der Waals surface area contributed by atoms with Gasteiger partial charge in [-0.15, -0.1) is 0 Å². The van der Waals surface area contributed by atoms with Gasteiger partial charge in [-0.2, -0.15) is 0 Å². The quantitative estimate of drug-likeness (QED) is 0.498. The van der Waals surface area contributed by atoms with Crippen molar-refractivity contribution >= 4 is 11.6 Å². The molecule has 0 spiro atoms. The predicted octanol–water partition coefficient (Wildman–Crippen LogP) is 3.26. The van der Waals surface area contributed by atoms with Gasteiger partial charge in [0.15, 0.2) is 0 Å². The minimum absolute atomic E-state index is 0.304. The van der Waals surface area contributed by atoms with Crippen LogP contribution in [0.1, 0.15) is 49.5 Å². The number of rotatable bonds is 6. The summed E-state index contributed by atoms with van der Waals surface area (Å²) in [6.07, 6.45) is -2.80. The van der Waals surface area contributed by atoms with E-state index in [0.29, 0.717) is 28.5 Å². The van der Waals surface area contributed by atoms with Crippen molar-refractivity contribution in [2.24, 2.45) is 17.3 Å². The molecule has 184 valence electrons. The molecule has 7 heteroatoms. The van der Waals surface area contributed by atoms with Gasteiger partial charge in [0.2, 0.25) is 0 Å². The van der Waals surface area contributed by atoms with Crippen LogP contribution in [-0.2, 0) is 11.2 Å². The van der Waals surface area contributed by atoms with Crippen LogP contribution in [0.5, 0.6) is 5.75 Å². The van der Waals surface area contributed by atoms with E-state index in [-0.39, 0.29) is 0 Å². The zero-order valence-electron chi connectivity index (χ0n) is 19.5. The number of benzene rings is 2. The Kier molecular flexibility index (Phi) is 6.42. The second-order valence-corrected chi connectivity index (χ2v) is 11.1. The first-order valence-electron chi connectivity index (χ1n) is 12.0. The molecule has 1 aliphatic heterocycles. The standard InChI is InChI=1S/C27H33ClO6/c1-27(2)19-11-18(12-20(19)27)33-17-6-3-14(4-7-17)9-16-10-15(5-8-21(16)28)26-25(32)24(31)23(30)22(13-29)34-26/h3-8,10,18-20,22-26,29-32H,9,11-13H2,1-2H3/t18?,19?,20?,22-,23-,24+,25-,26-/m1/s1. The molecule has 0 bridgehead atoms. The minimum Gasteiger partial charge on any atom is -0.490 e. The fraction of sp³-hybridized carbons (Fsp3) is 0.556. The summed E-state index contributed by atoms with van der Waals surface area (Å²) >= 11 is 6.46. The van der Waals surface area contributed by atoms with Crippen molar-refractivity contribution in [2.75, 3.05) is 6.61 Å². The van der Waals surface area contributed by atoms with E-state index in [4.69, 9.17) is 21.1 Å². The molecule has 7 atom stereocenters. The second-order valence-electron chi connectivity index (χ2n) is 10.7. The third kappa shape index (κ3) is 4.36. The second kappa shape index (κ2) is 9.08. The van der Waals surface area contributed by atoms with Gasteiger partial charge in [0.25, 0.3) is 0 Å². The van der Waals surface area contributed by atoms with Crippen molar-refractivity contribution in [1.29, 1.82) is 0 Å². The van der Waals surface area contributed by atoms with E-state index in [0.717, 1.165) is 41.6 Å². The van der Waals surface area contributed by atoms with Crippen molar-refractivity contribution in [3.05, 3.63) is 64.2 Å². The number of aliphatic hydroxyl groups excluding tert-OH is 4. The SMILES string of the molecule is CC1(C)C2CC(Oc3ccc(Cc4cc([C@H]5O[C@H](CO)[C@@H](O)[C@H](O)[C@H]5O)ccc4Cl)cc3)CC21. The summed E-state index contributed by atoms with van der Waals surface area (Å²) in [5, 5.41) is 40.7. The summed E-state index contributed by atoms with van der Waals surface area (Å²) in [6, 6.07) is 13.4. The highest BCUT2D eigenvalue weighted by atomic mass is 35.5. The fourth-order valence-corrected chi connectivity index (χ4v) is 6.12. The Morgan fingerprint density at radius 3 is 2.29 bits per heavy atom. The van der Waals surface area contributed by atoms with Gasteiger partial charge in [-0.3, -0.25) is 0 Å². The molecule has 5 rings (SSSR count). The van der Waals surface area contributed by atoms with Crippen LogP contribution in [0.4, 0.5) is 0 Å². The zero-order chi connectivity index (χ0) is 24.2. The molecule has 1 saturated heterocycles. The highest BCUT2D eigenvalue weighted by molar-refractivity contribution is 6.31. The Morgan fingerprint density at radius 1 is 0.971 bits per heavy atom. The van der Waals surface area contributed by atoms with Crippen molar-refractivity contribution < 1.29 is 29.9 Å². The van der Waals surface area contributed by atoms with Crippen LogP contribution < -0.4 is 4.74 Å². The van der Waals surface area contributed by atoms with E-state index in [1.807, 2.05) is 30.3 Å². The molecule has 0 aromatic heterocycles. The summed E-state index contributed by atoms with van der Waals surface area (Å²) < 4.78 is 11.9. The summed E-state index contributed by atoms with van der Waals surface area (Å²) in [6.45, 7) is 4.24. The third-order valence-electron chi connectivity index (χ3n) is 8.23. The highest BCUT2D eigenvalue weighted by Gasteiger charge is 2.62. The van der Waals surface area contributed by atoms with Crippen molar-refractivity contribution in [1.82, 2.24) is 0 Å². The first-order valence-corrected chi connectivity index (χ1v) is 12.4. The molecular weight excluding hydrogens is 456 g/mol. The lowest BCUT2D eigenvalue weighted by atomic mass is 9.90. The number of aliphatic hydroxyl groups is 4. The average Bonchev–Trinajstić information content (AvgIpc) is 3.13. The minimum atomic E-state index is -1.42. The Balaban J connectivity index is 1.25. The van der Waals surface area contributed by atoms with E-state index in [1.54, 1.807) is 12.1 Å². The lowest BCUT2D eigenvalue weighted by Gasteiger charge is -2.40. The largest absolute Gasteiger partial charge is 0.490 e. The molecule has 0 amide bonds. The molecule has 4 N–H and O–H groups in total. The molecule has 2 aromatic carbocycles. The first kappa shape index (κ1) is 24.0. The summed E-state index contributed by atoms with van der Waals surface area (Å²) in [5.74, 6) is 2.48. The van der Waals surface area contributed by atoms with E-state index in [2.05, 4.69) is 13.8 Å². The first-order chi connectivity index (χ1) is 16.2. The van der Waals surface area contributed by atoms with Gasteiger partial charge in [0, 0.05) is 5.02 Å². The average molecular weight is 489 g/mol. The van der Waals surface area contributed by atoms with Crippen molar-refractivity contribution in [3.63, 3.8) is 0 Å². The molecule has 3 aliphatic rings. The zero-order valence-corrected chi connectivity index (χ0v) is 20.2. The maximum absolute atomic E-state index is 10.5. The molecular formula is C27H33ClO6. The monoisotopic (exact) mass is 488 g/mol. The molecule has 6 nitrogen and oxygen atoms in total. The van der Waals surface area contributed by atoms with Gasteiger partial charge in [-0.05, 0) is 71.4 Å². The maximum atomic E-state index is 10.5. The van der Waals surface area contributed by atoms with Crippen LogP contribution in [-0.4, -0.2) is 57.6 Å². The summed E-state index contributed by atoms with van der Waals surface area (Å²) in [5.41, 5.74) is 3.03. The highest BCUT2D eigenvalue weighted by Crippen LogP contribution is 2.67. The molecule has 2 aliphatic carbocycles. The van der Waals surface area contributed by atoms with Gasteiger partial charge < -0.3 is 29.9 Å². The number of hydrogen-bond acceptors (Lipinski definition) is 6. The van der Waals surface area contributed by atoms with E-state index >= 15 is 0 Å². The Bertz CT molecular complexity index is 1010. The van der Waals surface area contributed by atoms with Crippen LogP contribution in [0.25, 0.3) is 0 Å². The van der Waals surface area contributed by atoms with E-state index in [9.17, 15) is 20.4 Å². The van der Waals surface area contributed by atoms with Crippen LogP contribution >= 0.6 is 11.6 Å². The van der Waals surface area contributed by atoms with Gasteiger partial charge in [0.1, 0.15) is 36.3 Å². The van der Waals surface area contributed by atoms with Crippen LogP contribution in [0, 0.1) is 17.3 Å². The van der Waals surface area contributed by atoms with Crippen LogP contribution in [0.2, 0.25) is 5.02 Å². The number of fused-ring (bicyclic) bond motifs is 1. The number of hydrogen-bond donors (Lipinski definition) is 4. The van der Waals surface area contributed by atoms with Gasteiger partial charge in [0.05, 0.1) is 12.7 Å². The molecule has 0 radical (unpaired) electrons. The Morgan fingerprint density at radius 2 is 1.65 bits per heavy atom. The fourth-order valence-electron chi connectivity index (χ4n) is 5.93. The molecule has 2 unspecified atom stereocenters. The smallest absolute Gasteiger partial charge is 0.119 e. The van der Waals surface area contributed by atoms with Crippen molar-refractivity contribution in [3.8, 4) is 5.75 Å². The van der Waals surface area contributed by atoms with E-state index < -0.39 is 37.1 Å². The number of ether oxygens (including phenoxy) is 2. The third-order valence-corrected chi connectivity index (χ3v) is 8.60. The lowest BCUT2D eigenvalue weighted by Crippen LogP contribution is -2.55. The molecule has 2 aromatic rings. The molecule has 3 fully saturated rings. The Labute approximate surface area is 205 Å². The van der Waals surface area contributed by atoms with Gasteiger partial charge >= 0.3 is 0 Å².